The van der Waals surface area contributed by atoms with Crippen molar-refractivity contribution in [3.63, 3.8) is 0 Å². The summed E-state index contributed by atoms with van der Waals surface area (Å²) in [7, 11) is 0. The Morgan fingerprint density at radius 3 is 2.94 bits per heavy atom. The van der Waals surface area contributed by atoms with Gasteiger partial charge in [0.25, 0.3) is 0 Å². The Kier molecular flexibility index (Phi) is 3.69. The molecule has 0 radical (unpaired) electrons. The summed E-state index contributed by atoms with van der Waals surface area (Å²) in [6.07, 6.45) is 1.61. The van der Waals surface area contributed by atoms with Crippen molar-refractivity contribution in [1.29, 1.82) is 0 Å². The van der Waals surface area contributed by atoms with Crippen molar-refractivity contribution in [3.8, 4) is 5.75 Å². The second-order valence-corrected chi connectivity index (χ2v) is 4.68. The molecule has 16 heavy (non-hydrogen) atoms. The van der Waals surface area contributed by atoms with E-state index in [1.807, 2.05) is 0 Å². The first-order valence-electron chi connectivity index (χ1n) is 5.53. The molecule has 0 spiro atoms. The van der Waals surface area contributed by atoms with E-state index in [-0.39, 0.29) is 11.9 Å². The van der Waals surface area contributed by atoms with Crippen LogP contribution < -0.4 is 0 Å². The van der Waals surface area contributed by atoms with Crippen molar-refractivity contribution in [1.82, 2.24) is 4.90 Å². The van der Waals surface area contributed by atoms with Gasteiger partial charge in [-0.2, -0.15) is 0 Å². The number of phenols is 1. The van der Waals surface area contributed by atoms with E-state index in [0.717, 1.165) is 24.9 Å². The molecule has 4 heteroatoms. The highest BCUT2D eigenvalue weighted by molar-refractivity contribution is 6.31. The lowest BCUT2D eigenvalue weighted by atomic mass is 10.1. The van der Waals surface area contributed by atoms with Crippen molar-refractivity contribution in [2.45, 2.75) is 25.5 Å². The van der Waals surface area contributed by atoms with Crippen LogP contribution in [0.25, 0.3) is 0 Å². The zero-order valence-corrected chi connectivity index (χ0v) is 9.82. The molecule has 0 saturated carbocycles. The number of β-amino-alcohol motifs (C(OH)–C–C–N with tert-alkyl or cyclic N) is 1. The predicted octanol–water partition coefficient (Wildman–Crippen LogP) is 2.00. The molecule has 2 rings (SSSR count). The molecular formula is C12H16ClNO2. The van der Waals surface area contributed by atoms with Crippen molar-refractivity contribution in [2.24, 2.45) is 0 Å². The second-order valence-electron chi connectivity index (χ2n) is 4.27. The number of aliphatic hydroxyl groups excluding tert-OH is 1. The van der Waals surface area contributed by atoms with E-state index in [1.165, 1.54) is 0 Å². The van der Waals surface area contributed by atoms with Gasteiger partial charge in [0, 0.05) is 23.7 Å². The van der Waals surface area contributed by atoms with E-state index in [4.69, 9.17) is 11.6 Å². The van der Waals surface area contributed by atoms with Gasteiger partial charge in [0.2, 0.25) is 0 Å². The third-order valence-corrected chi connectivity index (χ3v) is 3.31. The monoisotopic (exact) mass is 241 g/mol. The minimum atomic E-state index is -0.251. The average molecular weight is 242 g/mol. The molecule has 1 aliphatic heterocycles. The summed E-state index contributed by atoms with van der Waals surface area (Å²) in [6, 6.07) is 5.14. The van der Waals surface area contributed by atoms with E-state index in [1.54, 1.807) is 18.2 Å². The molecule has 1 fully saturated rings. The third-order valence-electron chi connectivity index (χ3n) is 2.96. The Bertz CT molecular complexity index is 350. The second kappa shape index (κ2) is 5.04. The minimum absolute atomic E-state index is 0.229. The van der Waals surface area contributed by atoms with Crippen LogP contribution >= 0.6 is 11.6 Å². The van der Waals surface area contributed by atoms with Gasteiger partial charge in [-0.05, 0) is 31.5 Å². The fourth-order valence-corrected chi connectivity index (χ4v) is 2.33. The van der Waals surface area contributed by atoms with Crippen LogP contribution in [0.4, 0.5) is 0 Å². The van der Waals surface area contributed by atoms with Crippen molar-refractivity contribution < 1.29 is 10.2 Å². The smallest absolute Gasteiger partial charge is 0.121 e. The number of benzene rings is 1. The molecule has 0 amide bonds. The Hall–Kier alpha value is -0.770. The summed E-state index contributed by atoms with van der Waals surface area (Å²) >= 11 is 6.04. The van der Waals surface area contributed by atoms with Gasteiger partial charge < -0.3 is 10.2 Å². The van der Waals surface area contributed by atoms with Gasteiger partial charge in [0.05, 0.1) is 6.10 Å². The molecule has 1 saturated heterocycles. The fourth-order valence-electron chi connectivity index (χ4n) is 2.10. The highest BCUT2D eigenvalue weighted by atomic mass is 35.5. The summed E-state index contributed by atoms with van der Waals surface area (Å²) in [6.45, 7) is 2.20. The molecule has 1 heterocycles. The Labute approximate surface area is 100 Å². The average Bonchev–Trinajstić information content (AvgIpc) is 2.24. The van der Waals surface area contributed by atoms with Crippen LogP contribution in [0.2, 0.25) is 5.02 Å². The molecule has 1 aliphatic rings. The molecule has 3 nitrogen and oxygen atoms in total. The summed E-state index contributed by atoms with van der Waals surface area (Å²) in [4.78, 5) is 2.12. The Morgan fingerprint density at radius 2 is 2.25 bits per heavy atom. The summed E-state index contributed by atoms with van der Waals surface area (Å²) < 4.78 is 0. The zero-order valence-electron chi connectivity index (χ0n) is 9.06. The van der Waals surface area contributed by atoms with Crippen LogP contribution in [-0.4, -0.2) is 34.3 Å². The maximum atomic E-state index is 9.71. The maximum absolute atomic E-state index is 9.71. The molecule has 0 aliphatic carbocycles. The van der Waals surface area contributed by atoms with Gasteiger partial charge in [-0.3, -0.25) is 4.90 Å². The van der Waals surface area contributed by atoms with Crippen LogP contribution in [0, 0.1) is 0 Å². The van der Waals surface area contributed by atoms with Gasteiger partial charge in [-0.25, -0.2) is 0 Å². The summed E-state index contributed by atoms with van der Waals surface area (Å²) in [5, 5.41) is 19.9. The van der Waals surface area contributed by atoms with Crippen LogP contribution in [-0.2, 0) is 6.54 Å². The number of likely N-dealkylation sites (tertiary alicyclic amines) is 1. The lowest BCUT2D eigenvalue weighted by Gasteiger charge is -2.30. The fraction of sp³-hybridized carbons (Fsp3) is 0.500. The maximum Gasteiger partial charge on any atom is 0.121 e. The SMILES string of the molecule is Oc1cccc(Cl)c1CN1CCCC(O)C1. The molecule has 0 bridgehead atoms. The molecule has 1 atom stereocenters. The number of piperidine rings is 1. The van der Waals surface area contributed by atoms with Gasteiger partial charge in [0.1, 0.15) is 5.75 Å². The standard InChI is InChI=1S/C12H16ClNO2/c13-11-4-1-5-12(16)10(11)8-14-6-2-3-9(15)7-14/h1,4-5,9,15-16H,2-3,6-8H2. The molecular weight excluding hydrogens is 226 g/mol. The van der Waals surface area contributed by atoms with Crippen LogP contribution in [0.3, 0.4) is 0 Å². The van der Waals surface area contributed by atoms with E-state index >= 15 is 0 Å². The number of nitrogens with zero attached hydrogens (tertiary/aromatic N) is 1. The number of aliphatic hydroxyl groups is 1. The van der Waals surface area contributed by atoms with Gasteiger partial charge in [-0.1, -0.05) is 17.7 Å². The van der Waals surface area contributed by atoms with Crippen molar-refractivity contribution >= 4 is 11.6 Å². The van der Waals surface area contributed by atoms with E-state index < -0.39 is 0 Å². The highest BCUT2D eigenvalue weighted by Gasteiger charge is 2.19. The summed E-state index contributed by atoms with van der Waals surface area (Å²) in [5.41, 5.74) is 0.748. The zero-order chi connectivity index (χ0) is 11.5. The lowest BCUT2D eigenvalue weighted by molar-refractivity contribution is 0.0664. The topological polar surface area (TPSA) is 43.7 Å². The number of aromatic hydroxyl groups is 1. The first kappa shape index (κ1) is 11.7. The van der Waals surface area contributed by atoms with Crippen LogP contribution in [0.1, 0.15) is 18.4 Å². The lowest BCUT2D eigenvalue weighted by Crippen LogP contribution is -2.37. The number of rotatable bonds is 2. The number of halogens is 1. The van der Waals surface area contributed by atoms with Gasteiger partial charge >= 0.3 is 0 Å². The number of hydrogen-bond acceptors (Lipinski definition) is 3. The molecule has 1 aromatic carbocycles. The van der Waals surface area contributed by atoms with E-state index in [2.05, 4.69) is 4.90 Å². The predicted molar refractivity (Wildman–Crippen MR) is 63.6 cm³/mol. The van der Waals surface area contributed by atoms with E-state index in [0.29, 0.717) is 18.1 Å². The number of phenolic OH excluding ortho intramolecular Hbond substituents is 1. The Morgan fingerprint density at radius 1 is 1.44 bits per heavy atom. The van der Waals surface area contributed by atoms with Crippen LogP contribution in [0.15, 0.2) is 18.2 Å². The van der Waals surface area contributed by atoms with E-state index in [9.17, 15) is 10.2 Å². The summed E-state index contributed by atoms with van der Waals surface area (Å²) in [5.74, 6) is 0.229. The highest BCUT2D eigenvalue weighted by Crippen LogP contribution is 2.27. The van der Waals surface area contributed by atoms with Gasteiger partial charge in [-0.15, -0.1) is 0 Å². The molecule has 88 valence electrons. The normalized spacial score (nSPS) is 22.2. The third kappa shape index (κ3) is 2.67. The Balaban J connectivity index is 2.08. The molecule has 2 N–H and O–H groups in total. The number of hydrogen-bond donors (Lipinski definition) is 2. The first-order chi connectivity index (χ1) is 7.66. The van der Waals surface area contributed by atoms with Gasteiger partial charge in [0.15, 0.2) is 0 Å². The quantitative estimate of drug-likeness (QED) is 0.833. The van der Waals surface area contributed by atoms with Crippen LogP contribution in [0.5, 0.6) is 5.75 Å². The van der Waals surface area contributed by atoms with Crippen molar-refractivity contribution in [3.05, 3.63) is 28.8 Å². The molecule has 1 aromatic rings. The minimum Gasteiger partial charge on any atom is -0.508 e. The molecule has 1 unspecified atom stereocenters. The first-order valence-corrected chi connectivity index (χ1v) is 5.91. The molecule has 0 aromatic heterocycles. The van der Waals surface area contributed by atoms with Crippen molar-refractivity contribution in [2.75, 3.05) is 13.1 Å². The largest absolute Gasteiger partial charge is 0.508 e.